The van der Waals surface area contributed by atoms with E-state index in [-0.39, 0.29) is 0 Å². The molecule has 3 nitrogen and oxygen atoms in total. The number of rotatable bonds is 7. The third-order valence-electron chi connectivity index (χ3n) is 2.10. The largest absolute Gasteiger partial charge is 0.382 e. The van der Waals surface area contributed by atoms with Crippen molar-refractivity contribution >= 4 is 0 Å². The van der Waals surface area contributed by atoms with Gasteiger partial charge in [0.05, 0.1) is 13.2 Å². The summed E-state index contributed by atoms with van der Waals surface area (Å²) in [6, 6.07) is 6.12. The minimum absolute atomic E-state index is 0.669. The predicted molar refractivity (Wildman–Crippen MR) is 60.0 cm³/mol. The van der Waals surface area contributed by atoms with Crippen LogP contribution in [0, 0.1) is 6.92 Å². The lowest BCUT2D eigenvalue weighted by molar-refractivity contribution is 0.0695. The topological polar surface area (TPSA) is 31.4 Å². The SMILES string of the molecule is COCCOCCCc1cccc(C)n1. The van der Waals surface area contributed by atoms with E-state index >= 15 is 0 Å². The number of aryl methyl sites for hydroxylation is 2. The highest BCUT2D eigenvalue weighted by Gasteiger charge is 1.95. The highest BCUT2D eigenvalue weighted by atomic mass is 16.5. The van der Waals surface area contributed by atoms with Gasteiger partial charge in [0.1, 0.15) is 0 Å². The van der Waals surface area contributed by atoms with Gasteiger partial charge in [0, 0.05) is 25.1 Å². The summed E-state index contributed by atoms with van der Waals surface area (Å²) in [4.78, 5) is 4.43. The Morgan fingerprint density at radius 2 is 2.07 bits per heavy atom. The van der Waals surface area contributed by atoms with E-state index in [0.29, 0.717) is 13.2 Å². The van der Waals surface area contributed by atoms with Gasteiger partial charge < -0.3 is 9.47 Å². The average molecular weight is 209 g/mol. The standard InChI is InChI=1S/C12H19NO2/c1-11-5-3-6-12(13-11)7-4-8-15-10-9-14-2/h3,5-6H,4,7-10H2,1-2H3. The number of ether oxygens (including phenoxy) is 2. The average Bonchev–Trinajstić information content (AvgIpc) is 2.23. The van der Waals surface area contributed by atoms with Crippen molar-refractivity contribution in [1.29, 1.82) is 0 Å². The summed E-state index contributed by atoms with van der Waals surface area (Å²) in [6.07, 6.45) is 1.99. The van der Waals surface area contributed by atoms with E-state index in [4.69, 9.17) is 9.47 Å². The van der Waals surface area contributed by atoms with Crippen molar-refractivity contribution in [1.82, 2.24) is 4.98 Å². The molecule has 15 heavy (non-hydrogen) atoms. The third kappa shape index (κ3) is 5.50. The molecule has 1 aromatic heterocycles. The van der Waals surface area contributed by atoms with E-state index in [1.807, 2.05) is 19.1 Å². The van der Waals surface area contributed by atoms with Crippen molar-refractivity contribution in [2.75, 3.05) is 26.9 Å². The highest BCUT2D eigenvalue weighted by molar-refractivity contribution is 5.09. The molecule has 0 aliphatic heterocycles. The lowest BCUT2D eigenvalue weighted by Crippen LogP contribution is -2.04. The molecule has 0 aliphatic carbocycles. The maximum Gasteiger partial charge on any atom is 0.0700 e. The van der Waals surface area contributed by atoms with Crippen LogP contribution in [0.15, 0.2) is 18.2 Å². The molecule has 0 N–H and O–H groups in total. The molecule has 3 heteroatoms. The minimum Gasteiger partial charge on any atom is -0.382 e. The summed E-state index contributed by atoms with van der Waals surface area (Å²) in [5.41, 5.74) is 2.22. The van der Waals surface area contributed by atoms with Crippen molar-refractivity contribution in [3.05, 3.63) is 29.6 Å². The number of nitrogens with zero attached hydrogens (tertiary/aromatic N) is 1. The normalized spacial score (nSPS) is 10.5. The second-order valence-electron chi connectivity index (χ2n) is 3.48. The Balaban J connectivity index is 2.10. The van der Waals surface area contributed by atoms with Crippen molar-refractivity contribution < 1.29 is 9.47 Å². The van der Waals surface area contributed by atoms with E-state index in [9.17, 15) is 0 Å². The number of pyridine rings is 1. The Kier molecular flexibility index (Phi) is 5.97. The molecule has 0 saturated carbocycles. The number of hydrogen-bond acceptors (Lipinski definition) is 3. The summed E-state index contributed by atoms with van der Waals surface area (Å²) < 4.78 is 10.3. The van der Waals surface area contributed by atoms with Gasteiger partial charge >= 0.3 is 0 Å². The second-order valence-corrected chi connectivity index (χ2v) is 3.48. The van der Waals surface area contributed by atoms with Gasteiger partial charge in [-0.1, -0.05) is 6.07 Å². The summed E-state index contributed by atoms with van der Waals surface area (Å²) >= 11 is 0. The monoisotopic (exact) mass is 209 g/mol. The Morgan fingerprint density at radius 1 is 1.20 bits per heavy atom. The van der Waals surface area contributed by atoms with Crippen molar-refractivity contribution in [2.24, 2.45) is 0 Å². The van der Waals surface area contributed by atoms with E-state index in [2.05, 4.69) is 11.1 Å². The maximum atomic E-state index is 5.37. The second kappa shape index (κ2) is 7.37. The van der Waals surface area contributed by atoms with Crippen LogP contribution in [0.3, 0.4) is 0 Å². The zero-order chi connectivity index (χ0) is 10.9. The van der Waals surface area contributed by atoms with E-state index < -0.39 is 0 Å². The zero-order valence-electron chi connectivity index (χ0n) is 9.53. The Bertz CT molecular complexity index is 276. The van der Waals surface area contributed by atoms with E-state index in [1.165, 1.54) is 0 Å². The number of hydrogen-bond donors (Lipinski definition) is 0. The molecule has 0 spiro atoms. The van der Waals surface area contributed by atoms with Crippen LogP contribution in [-0.2, 0) is 15.9 Å². The molecule has 0 bridgehead atoms. The molecule has 0 unspecified atom stereocenters. The van der Waals surface area contributed by atoms with Crippen LogP contribution in [0.25, 0.3) is 0 Å². The Morgan fingerprint density at radius 3 is 2.80 bits per heavy atom. The van der Waals surface area contributed by atoms with Crippen LogP contribution < -0.4 is 0 Å². The lowest BCUT2D eigenvalue weighted by Gasteiger charge is -2.03. The summed E-state index contributed by atoms with van der Waals surface area (Å²) in [6.45, 7) is 4.14. The van der Waals surface area contributed by atoms with Crippen molar-refractivity contribution in [3.8, 4) is 0 Å². The van der Waals surface area contributed by atoms with E-state index in [0.717, 1.165) is 30.8 Å². The van der Waals surface area contributed by atoms with Gasteiger partial charge in [-0.15, -0.1) is 0 Å². The first-order valence-electron chi connectivity index (χ1n) is 5.32. The molecule has 0 radical (unpaired) electrons. The first kappa shape index (κ1) is 12.1. The summed E-state index contributed by atoms with van der Waals surface area (Å²) in [5, 5.41) is 0. The van der Waals surface area contributed by atoms with Crippen LogP contribution >= 0.6 is 0 Å². The first-order chi connectivity index (χ1) is 7.33. The van der Waals surface area contributed by atoms with Crippen LogP contribution in [0.2, 0.25) is 0 Å². The molecule has 1 rings (SSSR count). The molecule has 1 heterocycles. The van der Waals surface area contributed by atoms with Gasteiger partial charge in [-0.25, -0.2) is 0 Å². The third-order valence-corrected chi connectivity index (χ3v) is 2.10. The summed E-state index contributed by atoms with van der Waals surface area (Å²) in [5.74, 6) is 0. The van der Waals surface area contributed by atoms with Gasteiger partial charge in [-0.2, -0.15) is 0 Å². The highest BCUT2D eigenvalue weighted by Crippen LogP contribution is 2.01. The summed E-state index contributed by atoms with van der Waals surface area (Å²) in [7, 11) is 1.68. The smallest absolute Gasteiger partial charge is 0.0700 e. The lowest BCUT2D eigenvalue weighted by atomic mass is 10.2. The van der Waals surface area contributed by atoms with Gasteiger partial charge in [0.25, 0.3) is 0 Å². The maximum absolute atomic E-state index is 5.37. The molecular formula is C12H19NO2. The minimum atomic E-state index is 0.669. The molecule has 0 saturated heterocycles. The van der Waals surface area contributed by atoms with Gasteiger partial charge in [0.2, 0.25) is 0 Å². The van der Waals surface area contributed by atoms with Crippen LogP contribution in [0.5, 0.6) is 0 Å². The van der Waals surface area contributed by atoms with Crippen molar-refractivity contribution in [3.63, 3.8) is 0 Å². The van der Waals surface area contributed by atoms with Crippen molar-refractivity contribution in [2.45, 2.75) is 19.8 Å². The fourth-order valence-electron chi connectivity index (χ4n) is 1.34. The first-order valence-corrected chi connectivity index (χ1v) is 5.32. The number of methoxy groups -OCH3 is 1. The molecular weight excluding hydrogens is 190 g/mol. The van der Waals surface area contributed by atoms with Crippen LogP contribution in [-0.4, -0.2) is 31.9 Å². The molecule has 0 aromatic carbocycles. The van der Waals surface area contributed by atoms with Gasteiger partial charge in [-0.3, -0.25) is 4.98 Å². The molecule has 1 aromatic rings. The molecule has 0 atom stereocenters. The van der Waals surface area contributed by atoms with Crippen LogP contribution in [0.1, 0.15) is 17.8 Å². The van der Waals surface area contributed by atoms with Crippen LogP contribution in [0.4, 0.5) is 0 Å². The predicted octanol–water partition coefficient (Wildman–Crippen LogP) is 1.99. The van der Waals surface area contributed by atoms with E-state index in [1.54, 1.807) is 7.11 Å². The van der Waals surface area contributed by atoms with Gasteiger partial charge in [0.15, 0.2) is 0 Å². The quantitative estimate of drug-likeness (QED) is 0.643. The Labute approximate surface area is 91.4 Å². The molecule has 0 fully saturated rings. The number of aromatic nitrogens is 1. The molecule has 84 valence electrons. The fourth-order valence-corrected chi connectivity index (χ4v) is 1.34. The molecule has 0 amide bonds. The zero-order valence-corrected chi connectivity index (χ0v) is 9.53. The van der Waals surface area contributed by atoms with Gasteiger partial charge in [-0.05, 0) is 31.9 Å². The Hall–Kier alpha value is -0.930. The fraction of sp³-hybridized carbons (Fsp3) is 0.583. The molecule has 0 aliphatic rings.